The average molecular weight is 311 g/mol. The SMILES string of the molecule is CCc1ccc(C(=O)N2CCN(C(=O)c3cc[nH]c3)CC2)cc1. The van der Waals surface area contributed by atoms with Crippen molar-refractivity contribution < 1.29 is 9.59 Å². The molecular weight excluding hydrogens is 290 g/mol. The van der Waals surface area contributed by atoms with E-state index in [2.05, 4.69) is 11.9 Å². The quantitative estimate of drug-likeness (QED) is 0.944. The molecule has 120 valence electrons. The van der Waals surface area contributed by atoms with E-state index in [1.165, 1.54) is 5.56 Å². The Bertz CT molecular complexity index is 669. The summed E-state index contributed by atoms with van der Waals surface area (Å²) in [5.41, 5.74) is 2.61. The monoisotopic (exact) mass is 311 g/mol. The minimum Gasteiger partial charge on any atom is -0.367 e. The second kappa shape index (κ2) is 6.69. The number of hydrogen-bond donors (Lipinski definition) is 1. The van der Waals surface area contributed by atoms with E-state index in [4.69, 9.17) is 0 Å². The summed E-state index contributed by atoms with van der Waals surface area (Å²) < 4.78 is 0. The molecule has 0 aliphatic carbocycles. The van der Waals surface area contributed by atoms with Crippen LogP contribution in [0.4, 0.5) is 0 Å². The molecule has 0 atom stereocenters. The first-order valence-electron chi connectivity index (χ1n) is 7.99. The molecule has 23 heavy (non-hydrogen) atoms. The normalized spacial score (nSPS) is 14.8. The van der Waals surface area contributed by atoms with Gasteiger partial charge in [-0.05, 0) is 30.2 Å². The molecule has 5 heteroatoms. The van der Waals surface area contributed by atoms with Crippen LogP contribution in [-0.4, -0.2) is 52.8 Å². The minimum absolute atomic E-state index is 0.0191. The summed E-state index contributed by atoms with van der Waals surface area (Å²) in [7, 11) is 0. The number of carbonyl (C=O) groups is 2. The predicted molar refractivity (Wildman–Crippen MR) is 88.4 cm³/mol. The lowest BCUT2D eigenvalue weighted by Gasteiger charge is -2.34. The Kier molecular flexibility index (Phi) is 4.46. The fourth-order valence-corrected chi connectivity index (χ4v) is 2.82. The maximum Gasteiger partial charge on any atom is 0.255 e. The van der Waals surface area contributed by atoms with E-state index in [0.717, 1.165) is 6.42 Å². The lowest BCUT2D eigenvalue weighted by atomic mass is 10.1. The zero-order chi connectivity index (χ0) is 16.2. The number of nitrogens with one attached hydrogen (secondary N) is 1. The minimum atomic E-state index is 0.0191. The molecule has 1 aromatic carbocycles. The van der Waals surface area contributed by atoms with Crippen molar-refractivity contribution in [2.75, 3.05) is 26.2 Å². The number of amides is 2. The standard InChI is InChI=1S/C18H21N3O2/c1-2-14-3-5-15(6-4-14)17(22)20-9-11-21(12-10-20)18(23)16-7-8-19-13-16/h3-8,13,19H,2,9-12H2,1H3. The first-order chi connectivity index (χ1) is 11.2. The summed E-state index contributed by atoms with van der Waals surface area (Å²) in [5.74, 6) is 0.0621. The van der Waals surface area contributed by atoms with Gasteiger partial charge in [-0.25, -0.2) is 0 Å². The van der Waals surface area contributed by atoms with Gasteiger partial charge in [0.15, 0.2) is 0 Å². The highest BCUT2D eigenvalue weighted by atomic mass is 16.2. The number of benzene rings is 1. The molecule has 0 spiro atoms. The lowest BCUT2D eigenvalue weighted by molar-refractivity contribution is 0.0535. The Morgan fingerprint density at radius 3 is 1.96 bits per heavy atom. The topological polar surface area (TPSA) is 56.4 Å². The highest BCUT2D eigenvalue weighted by molar-refractivity contribution is 5.95. The Morgan fingerprint density at radius 1 is 0.913 bits per heavy atom. The van der Waals surface area contributed by atoms with Crippen LogP contribution in [0.25, 0.3) is 0 Å². The van der Waals surface area contributed by atoms with Crippen LogP contribution in [0.2, 0.25) is 0 Å². The Hall–Kier alpha value is -2.56. The van der Waals surface area contributed by atoms with Crippen molar-refractivity contribution in [3.8, 4) is 0 Å². The highest BCUT2D eigenvalue weighted by Crippen LogP contribution is 2.12. The van der Waals surface area contributed by atoms with Crippen LogP contribution in [0.3, 0.4) is 0 Å². The second-order valence-corrected chi connectivity index (χ2v) is 5.73. The zero-order valence-corrected chi connectivity index (χ0v) is 13.3. The van der Waals surface area contributed by atoms with Crippen molar-refractivity contribution in [3.63, 3.8) is 0 Å². The van der Waals surface area contributed by atoms with Crippen LogP contribution in [-0.2, 0) is 6.42 Å². The second-order valence-electron chi connectivity index (χ2n) is 5.73. The lowest BCUT2D eigenvalue weighted by Crippen LogP contribution is -2.50. The number of aryl methyl sites for hydroxylation is 1. The number of H-pyrrole nitrogens is 1. The highest BCUT2D eigenvalue weighted by Gasteiger charge is 2.25. The third kappa shape index (κ3) is 3.28. The van der Waals surface area contributed by atoms with Crippen molar-refractivity contribution in [1.29, 1.82) is 0 Å². The van der Waals surface area contributed by atoms with Gasteiger partial charge in [-0.15, -0.1) is 0 Å². The molecule has 1 saturated heterocycles. The van der Waals surface area contributed by atoms with Crippen molar-refractivity contribution in [3.05, 3.63) is 59.4 Å². The van der Waals surface area contributed by atoms with E-state index in [-0.39, 0.29) is 11.8 Å². The fraction of sp³-hybridized carbons (Fsp3) is 0.333. The molecule has 2 heterocycles. The van der Waals surface area contributed by atoms with Crippen LogP contribution in [0, 0.1) is 0 Å². The summed E-state index contributed by atoms with van der Waals surface area (Å²) in [5, 5.41) is 0. The maximum atomic E-state index is 12.5. The molecule has 0 radical (unpaired) electrons. The molecule has 1 aromatic heterocycles. The Balaban J connectivity index is 1.59. The van der Waals surface area contributed by atoms with Crippen LogP contribution in [0.1, 0.15) is 33.2 Å². The number of aromatic nitrogens is 1. The van der Waals surface area contributed by atoms with E-state index in [1.807, 2.05) is 29.2 Å². The first-order valence-corrected chi connectivity index (χ1v) is 7.99. The Labute approximate surface area is 135 Å². The van der Waals surface area contributed by atoms with Gasteiger partial charge in [-0.3, -0.25) is 9.59 Å². The number of rotatable bonds is 3. The van der Waals surface area contributed by atoms with Crippen LogP contribution in [0.5, 0.6) is 0 Å². The third-order valence-electron chi connectivity index (χ3n) is 4.31. The maximum absolute atomic E-state index is 12.5. The van der Waals surface area contributed by atoms with Gasteiger partial charge in [0.1, 0.15) is 0 Å². The summed E-state index contributed by atoms with van der Waals surface area (Å²) in [6, 6.07) is 9.55. The molecule has 2 aromatic rings. The smallest absolute Gasteiger partial charge is 0.255 e. The van der Waals surface area contributed by atoms with Gasteiger partial charge in [-0.2, -0.15) is 0 Å². The summed E-state index contributed by atoms with van der Waals surface area (Å²) >= 11 is 0. The van der Waals surface area contributed by atoms with Gasteiger partial charge in [0, 0.05) is 44.1 Å². The van der Waals surface area contributed by atoms with Gasteiger partial charge >= 0.3 is 0 Å². The van der Waals surface area contributed by atoms with Gasteiger partial charge in [0.25, 0.3) is 11.8 Å². The zero-order valence-electron chi connectivity index (χ0n) is 13.3. The molecule has 1 aliphatic heterocycles. The molecule has 0 bridgehead atoms. The van der Waals surface area contributed by atoms with Gasteiger partial charge < -0.3 is 14.8 Å². The van der Waals surface area contributed by atoms with Crippen molar-refractivity contribution >= 4 is 11.8 Å². The molecule has 1 N–H and O–H groups in total. The molecule has 1 aliphatic rings. The van der Waals surface area contributed by atoms with Crippen molar-refractivity contribution in [2.45, 2.75) is 13.3 Å². The number of hydrogen-bond acceptors (Lipinski definition) is 2. The van der Waals surface area contributed by atoms with E-state index in [0.29, 0.717) is 37.3 Å². The molecular formula is C18H21N3O2. The molecule has 5 nitrogen and oxygen atoms in total. The molecule has 0 saturated carbocycles. The Morgan fingerprint density at radius 2 is 1.48 bits per heavy atom. The van der Waals surface area contributed by atoms with E-state index >= 15 is 0 Å². The van der Waals surface area contributed by atoms with Crippen LogP contribution >= 0.6 is 0 Å². The molecule has 3 rings (SSSR count). The van der Waals surface area contributed by atoms with Crippen molar-refractivity contribution in [1.82, 2.24) is 14.8 Å². The number of piperazine rings is 1. The largest absolute Gasteiger partial charge is 0.367 e. The first kappa shape index (κ1) is 15.3. The predicted octanol–water partition coefficient (Wildman–Crippen LogP) is 2.18. The molecule has 2 amide bonds. The van der Waals surface area contributed by atoms with Gasteiger partial charge in [-0.1, -0.05) is 19.1 Å². The van der Waals surface area contributed by atoms with E-state index < -0.39 is 0 Å². The average Bonchev–Trinajstić information content (AvgIpc) is 3.15. The van der Waals surface area contributed by atoms with Crippen LogP contribution < -0.4 is 0 Å². The summed E-state index contributed by atoms with van der Waals surface area (Å²) in [6.45, 7) is 4.39. The third-order valence-corrected chi connectivity index (χ3v) is 4.31. The molecule has 1 fully saturated rings. The van der Waals surface area contributed by atoms with Crippen molar-refractivity contribution in [2.24, 2.45) is 0 Å². The van der Waals surface area contributed by atoms with Crippen LogP contribution in [0.15, 0.2) is 42.7 Å². The number of aromatic amines is 1. The van der Waals surface area contributed by atoms with Gasteiger partial charge in [0.2, 0.25) is 0 Å². The van der Waals surface area contributed by atoms with E-state index in [9.17, 15) is 9.59 Å². The number of carbonyl (C=O) groups excluding carboxylic acids is 2. The molecule has 0 unspecified atom stereocenters. The number of nitrogens with zero attached hydrogens (tertiary/aromatic N) is 2. The summed E-state index contributed by atoms with van der Waals surface area (Å²) in [6.07, 6.45) is 4.41. The van der Waals surface area contributed by atoms with Gasteiger partial charge in [0.05, 0.1) is 5.56 Å². The fourth-order valence-electron chi connectivity index (χ4n) is 2.82. The van der Waals surface area contributed by atoms with E-state index in [1.54, 1.807) is 23.4 Å². The summed E-state index contributed by atoms with van der Waals surface area (Å²) in [4.78, 5) is 31.3.